The third kappa shape index (κ3) is 2.76. The highest BCUT2D eigenvalue weighted by Gasteiger charge is 2.11. The molecular weight excluding hydrogens is 220 g/mol. The summed E-state index contributed by atoms with van der Waals surface area (Å²) in [6.45, 7) is 0. The number of rotatable bonds is 4. The summed E-state index contributed by atoms with van der Waals surface area (Å²) in [7, 11) is 3.36. The van der Waals surface area contributed by atoms with Gasteiger partial charge in [0.15, 0.2) is 0 Å². The van der Waals surface area contributed by atoms with Crippen molar-refractivity contribution in [2.45, 2.75) is 12.5 Å². The van der Waals surface area contributed by atoms with Crippen molar-refractivity contribution in [1.82, 2.24) is 25.2 Å². The molecule has 0 amide bonds. The van der Waals surface area contributed by atoms with Crippen LogP contribution < -0.4 is 10.5 Å². The largest absolute Gasteiger partial charge is 0.480 e. The Kier molecular flexibility index (Phi) is 3.29. The number of aryl methyl sites for hydroxylation is 1. The van der Waals surface area contributed by atoms with Gasteiger partial charge in [0.05, 0.1) is 24.5 Å². The summed E-state index contributed by atoms with van der Waals surface area (Å²) >= 11 is 0. The summed E-state index contributed by atoms with van der Waals surface area (Å²) in [5.41, 5.74) is 7.54. The molecule has 0 saturated heterocycles. The van der Waals surface area contributed by atoms with E-state index >= 15 is 0 Å². The fraction of sp³-hybridized carbons (Fsp3) is 0.400. The summed E-state index contributed by atoms with van der Waals surface area (Å²) in [4.78, 5) is 0. The first-order valence-electron chi connectivity index (χ1n) is 5.17. The maximum Gasteiger partial charge on any atom is 0.233 e. The molecule has 0 aliphatic rings. The first kappa shape index (κ1) is 11.5. The molecule has 2 aromatic rings. The molecule has 1 atom stereocenters. The Morgan fingerprint density at radius 2 is 2.18 bits per heavy atom. The predicted molar refractivity (Wildman–Crippen MR) is 60.2 cm³/mol. The Hall–Kier alpha value is -2.02. The van der Waals surface area contributed by atoms with Gasteiger partial charge in [-0.05, 0) is 6.07 Å². The van der Waals surface area contributed by atoms with Gasteiger partial charge in [-0.25, -0.2) is 0 Å². The highest BCUT2D eigenvalue weighted by atomic mass is 16.5. The fourth-order valence-electron chi connectivity index (χ4n) is 1.46. The number of methoxy groups -OCH3 is 1. The van der Waals surface area contributed by atoms with E-state index in [1.807, 2.05) is 13.2 Å². The second kappa shape index (κ2) is 4.88. The van der Waals surface area contributed by atoms with Gasteiger partial charge < -0.3 is 10.5 Å². The molecule has 7 nitrogen and oxygen atoms in total. The molecule has 0 saturated carbocycles. The highest BCUT2D eigenvalue weighted by molar-refractivity contribution is 5.15. The van der Waals surface area contributed by atoms with Crippen molar-refractivity contribution in [3.05, 3.63) is 29.7 Å². The van der Waals surface area contributed by atoms with Crippen LogP contribution in [0.15, 0.2) is 18.3 Å². The maximum atomic E-state index is 6.01. The Morgan fingerprint density at radius 3 is 2.71 bits per heavy atom. The van der Waals surface area contributed by atoms with E-state index in [2.05, 4.69) is 20.5 Å². The van der Waals surface area contributed by atoms with Gasteiger partial charge in [0.25, 0.3) is 0 Å². The maximum absolute atomic E-state index is 6.01. The zero-order valence-electron chi connectivity index (χ0n) is 9.74. The van der Waals surface area contributed by atoms with Gasteiger partial charge >= 0.3 is 0 Å². The molecule has 2 heterocycles. The lowest BCUT2D eigenvalue weighted by atomic mass is 10.1. The predicted octanol–water partition coefficient (Wildman–Crippen LogP) is -0.144. The zero-order chi connectivity index (χ0) is 12.3. The summed E-state index contributed by atoms with van der Waals surface area (Å²) in [5.74, 6) is 0.473. The van der Waals surface area contributed by atoms with Crippen molar-refractivity contribution in [1.29, 1.82) is 0 Å². The average Bonchev–Trinajstić information content (AvgIpc) is 2.75. The minimum absolute atomic E-state index is 0.245. The van der Waals surface area contributed by atoms with Crippen LogP contribution in [-0.4, -0.2) is 32.3 Å². The third-order valence-corrected chi connectivity index (χ3v) is 2.33. The summed E-state index contributed by atoms with van der Waals surface area (Å²) in [6, 6.07) is 3.29. The quantitative estimate of drug-likeness (QED) is 0.791. The third-order valence-electron chi connectivity index (χ3n) is 2.33. The van der Waals surface area contributed by atoms with E-state index in [4.69, 9.17) is 10.5 Å². The molecule has 2 N–H and O–H groups in total. The molecule has 1 unspecified atom stereocenters. The van der Waals surface area contributed by atoms with E-state index < -0.39 is 0 Å². The number of hydrogen-bond acceptors (Lipinski definition) is 6. The molecule has 0 aromatic carbocycles. The molecule has 90 valence electrons. The lowest BCUT2D eigenvalue weighted by molar-refractivity contribution is 0.390. The number of nitrogens with zero attached hydrogens (tertiary/aromatic N) is 5. The van der Waals surface area contributed by atoms with Crippen LogP contribution in [0.4, 0.5) is 0 Å². The Morgan fingerprint density at radius 1 is 1.35 bits per heavy atom. The van der Waals surface area contributed by atoms with Crippen molar-refractivity contribution in [3.8, 4) is 5.88 Å². The number of hydrogen-bond donors (Lipinski definition) is 1. The van der Waals surface area contributed by atoms with E-state index in [0.29, 0.717) is 18.0 Å². The Labute approximate surface area is 98.6 Å². The second-order valence-electron chi connectivity index (χ2n) is 3.69. The molecule has 7 heteroatoms. The van der Waals surface area contributed by atoms with Crippen molar-refractivity contribution in [2.24, 2.45) is 12.8 Å². The minimum Gasteiger partial charge on any atom is -0.480 e. The summed E-state index contributed by atoms with van der Waals surface area (Å²) in [6.07, 6.45) is 2.41. The van der Waals surface area contributed by atoms with Crippen LogP contribution in [0.2, 0.25) is 0 Å². The molecule has 0 spiro atoms. The molecule has 17 heavy (non-hydrogen) atoms. The SMILES string of the molecule is COc1ccc(C(N)Cc2cn(C)nn2)nn1. The number of aromatic nitrogens is 5. The van der Waals surface area contributed by atoms with Gasteiger partial charge in [-0.1, -0.05) is 5.21 Å². The van der Waals surface area contributed by atoms with Crippen molar-refractivity contribution in [2.75, 3.05) is 7.11 Å². The monoisotopic (exact) mass is 234 g/mol. The first-order valence-corrected chi connectivity index (χ1v) is 5.17. The minimum atomic E-state index is -0.245. The standard InChI is InChI=1S/C10H14N6O/c1-16-6-7(12-15-16)5-8(11)9-3-4-10(17-2)14-13-9/h3-4,6,8H,5,11H2,1-2H3. The first-order chi connectivity index (χ1) is 8.19. The molecule has 0 fully saturated rings. The highest BCUT2D eigenvalue weighted by Crippen LogP contribution is 2.13. The van der Waals surface area contributed by atoms with Crippen molar-refractivity contribution >= 4 is 0 Å². The number of nitrogens with two attached hydrogens (primary N) is 1. The van der Waals surface area contributed by atoms with Crippen LogP contribution in [0, 0.1) is 0 Å². The van der Waals surface area contributed by atoms with Gasteiger partial charge in [0.1, 0.15) is 0 Å². The molecule has 2 aromatic heterocycles. The second-order valence-corrected chi connectivity index (χ2v) is 3.69. The van der Waals surface area contributed by atoms with Crippen LogP contribution >= 0.6 is 0 Å². The molecule has 0 bridgehead atoms. The van der Waals surface area contributed by atoms with Gasteiger partial charge in [-0.15, -0.1) is 10.2 Å². The smallest absolute Gasteiger partial charge is 0.233 e. The Bertz CT molecular complexity index is 480. The van der Waals surface area contributed by atoms with Crippen molar-refractivity contribution in [3.63, 3.8) is 0 Å². The molecule has 0 aliphatic carbocycles. The van der Waals surface area contributed by atoms with E-state index in [1.165, 1.54) is 0 Å². The summed E-state index contributed by atoms with van der Waals surface area (Å²) in [5, 5.41) is 15.7. The van der Waals surface area contributed by atoms with E-state index in [9.17, 15) is 0 Å². The van der Waals surface area contributed by atoms with Crippen LogP contribution in [0.5, 0.6) is 5.88 Å². The molecule has 0 aliphatic heterocycles. The fourth-order valence-corrected chi connectivity index (χ4v) is 1.46. The normalized spacial score (nSPS) is 12.4. The lowest BCUT2D eigenvalue weighted by Crippen LogP contribution is -2.15. The Balaban J connectivity index is 2.06. The van der Waals surface area contributed by atoms with E-state index in [1.54, 1.807) is 23.9 Å². The topological polar surface area (TPSA) is 91.7 Å². The molecule has 2 rings (SSSR count). The lowest BCUT2D eigenvalue weighted by Gasteiger charge is -2.08. The molecular formula is C10H14N6O. The van der Waals surface area contributed by atoms with Crippen LogP contribution in [0.1, 0.15) is 17.4 Å². The van der Waals surface area contributed by atoms with Gasteiger partial charge in [0.2, 0.25) is 5.88 Å². The number of ether oxygens (including phenoxy) is 1. The van der Waals surface area contributed by atoms with Gasteiger partial charge in [0, 0.05) is 25.7 Å². The van der Waals surface area contributed by atoms with Gasteiger partial charge in [-0.3, -0.25) is 4.68 Å². The van der Waals surface area contributed by atoms with Crippen molar-refractivity contribution < 1.29 is 4.74 Å². The van der Waals surface area contributed by atoms with E-state index in [-0.39, 0.29) is 6.04 Å². The zero-order valence-corrected chi connectivity index (χ0v) is 9.74. The van der Waals surface area contributed by atoms with Crippen LogP contribution in [-0.2, 0) is 13.5 Å². The molecule has 0 radical (unpaired) electrons. The van der Waals surface area contributed by atoms with E-state index in [0.717, 1.165) is 5.69 Å². The van der Waals surface area contributed by atoms with Gasteiger partial charge in [-0.2, -0.15) is 5.10 Å². The summed E-state index contributed by atoms with van der Waals surface area (Å²) < 4.78 is 6.57. The van der Waals surface area contributed by atoms with Crippen LogP contribution in [0.3, 0.4) is 0 Å². The average molecular weight is 234 g/mol. The van der Waals surface area contributed by atoms with Crippen LogP contribution in [0.25, 0.3) is 0 Å².